The van der Waals surface area contributed by atoms with Crippen molar-refractivity contribution in [1.82, 2.24) is 0 Å². The Balaban J connectivity index is 5.19. The first-order chi connectivity index (χ1) is 47.9. The lowest BCUT2D eigenvalue weighted by molar-refractivity contribution is -0.161. The van der Waals surface area contributed by atoms with Crippen LogP contribution in [0.1, 0.15) is 420 Å². The SMILES string of the molecule is CCCCCCCCCCCCCCCCCC(=O)O[C@H](COC(=O)CCCCCCCCC)COP(=O)(O)OC[C@H](O)COP(=O)(O)OC[C@@H](COC(=O)CCCCCCCCCCCCCCCCC(C)CC)OC(=O)CCCCCCCCCCCCCCCCCCC(C)C. The maximum atomic E-state index is 13.1. The van der Waals surface area contributed by atoms with E-state index in [0.717, 1.165) is 115 Å². The number of unbranched alkanes of at least 4 members (excludes halogenated alkanes) is 48. The Bertz CT molecular complexity index is 1910. The number of carbonyl (C=O) groups excluding carboxylic acids is 4. The fourth-order valence-corrected chi connectivity index (χ4v) is 13.9. The highest BCUT2D eigenvalue weighted by Crippen LogP contribution is 2.45. The van der Waals surface area contributed by atoms with Crippen molar-refractivity contribution in [2.75, 3.05) is 39.6 Å². The lowest BCUT2D eigenvalue weighted by atomic mass is 9.99. The van der Waals surface area contributed by atoms with Gasteiger partial charge < -0.3 is 33.8 Å². The molecule has 19 heteroatoms. The lowest BCUT2D eigenvalue weighted by Crippen LogP contribution is -2.30. The van der Waals surface area contributed by atoms with Crippen molar-refractivity contribution in [3.05, 3.63) is 0 Å². The average Bonchev–Trinajstić information content (AvgIpc) is 1.07. The summed E-state index contributed by atoms with van der Waals surface area (Å²) in [6.07, 6.45) is 61.1. The zero-order chi connectivity index (χ0) is 72.8. The topological polar surface area (TPSA) is 237 Å². The van der Waals surface area contributed by atoms with Gasteiger partial charge in [0.1, 0.15) is 19.3 Å². The second kappa shape index (κ2) is 71.7. The summed E-state index contributed by atoms with van der Waals surface area (Å²) in [6, 6.07) is 0. The summed E-state index contributed by atoms with van der Waals surface area (Å²) < 4.78 is 68.6. The number of hydrogen-bond acceptors (Lipinski definition) is 15. The zero-order valence-corrected chi connectivity index (χ0v) is 66.6. The molecule has 0 spiro atoms. The van der Waals surface area contributed by atoms with Crippen LogP contribution in [0, 0.1) is 11.8 Å². The van der Waals surface area contributed by atoms with E-state index in [9.17, 15) is 43.2 Å². The van der Waals surface area contributed by atoms with Crippen molar-refractivity contribution in [3.63, 3.8) is 0 Å². The maximum absolute atomic E-state index is 13.1. The quantitative estimate of drug-likeness (QED) is 0.0222. The van der Waals surface area contributed by atoms with Crippen LogP contribution in [0.3, 0.4) is 0 Å². The minimum absolute atomic E-state index is 0.108. The summed E-state index contributed by atoms with van der Waals surface area (Å²) in [7, 11) is -9.91. The van der Waals surface area contributed by atoms with Gasteiger partial charge in [0.2, 0.25) is 0 Å². The van der Waals surface area contributed by atoms with Crippen LogP contribution < -0.4 is 0 Å². The van der Waals surface area contributed by atoms with Crippen LogP contribution in [0.2, 0.25) is 0 Å². The summed E-state index contributed by atoms with van der Waals surface area (Å²) in [5.74, 6) is -0.454. The number of esters is 4. The number of hydrogen-bond donors (Lipinski definition) is 3. The molecule has 0 fully saturated rings. The van der Waals surface area contributed by atoms with Crippen LogP contribution in [0.25, 0.3) is 0 Å². The molecular weight excluding hydrogens is 1290 g/mol. The van der Waals surface area contributed by atoms with Crippen molar-refractivity contribution in [1.29, 1.82) is 0 Å². The van der Waals surface area contributed by atoms with E-state index >= 15 is 0 Å². The molecule has 0 aromatic heterocycles. The first kappa shape index (κ1) is 97.1. The highest BCUT2D eigenvalue weighted by Gasteiger charge is 2.30. The highest BCUT2D eigenvalue weighted by atomic mass is 31.2. The maximum Gasteiger partial charge on any atom is 0.472 e. The standard InChI is InChI=1S/C80H156O17P2/c1-7-10-12-14-16-17-18-19-22-30-35-40-46-52-58-64-79(84)96-75(68-90-77(82)62-56-50-42-15-13-11-8-2)70-94-98(86,87)92-66-74(81)67-93-99(88,89)95-71-76(69-91-78(83)63-57-51-45-39-34-29-26-25-28-33-38-44-49-55-61-73(6)9-3)97-80(85)65-59-53-47-41-36-31-24-21-20-23-27-32-37-43-48-54-60-72(4)5/h72-76,81H,7-71H2,1-6H3,(H,86,87)(H,88,89)/t73?,74-,75+,76+/m0/s1. The molecular formula is C80H156O17P2. The van der Waals surface area contributed by atoms with Crippen LogP contribution in [0.15, 0.2) is 0 Å². The van der Waals surface area contributed by atoms with E-state index in [4.69, 9.17) is 37.0 Å². The first-order valence-electron chi connectivity index (χ1n) is 41.5. The molecule has 99 heavy (non-hydrogen) atoms. The Labute approximate surface area is 607 Å². The largest absolute Gasteiger partial charge is 0.472 e. The number of ether oxygens (including phenoxy) is 4. The molecule has 0 aromatic rings. The monoisotopic (exact) mass is 1450 g/mol. The van der Waals surface area contributed by atoms with E-state index in [0.29, 0.717) is 25.7 Å². The summed E-state index contributed by atoms with van der Waals surface area (Å²) in [5, 5.41) is 10.6. The van der Waals surface area contributed by atoms with Crippen LogP contribution in [0.4, 0.5) is 0 Å². The Morgan fingerprint density at radius 1 is 0.293 bits per heavy atom. The third-order valence-electron chi connectivity index (χ3n) is 19.1. The molecule has 0 bridgehead atoms. The van der Waals surface area contributed by atoms with Gasteiger partial charge in [-0.3, -0.25) is 37.3 Å². The molecule has 0 aliphatic heterocycles. The Kier molecular flexibility index (Phi) is 70.3. The van der Waals surface area contributed by atoms with Crippen molar-refractivity contribution in [2.24, 2.45) is 11.8 Å². The smallest absolute Gasteiger partial charge is 0.462 e. The minimum atomic E-state index is -4.96. The van der Waals surface area contributed by atoms with E-state index in [1.54, 1.807) is 0 Å². The minimum Gasteiger partial charge on any atom is -0.462 e. The van der Waals surface area contributed by atoms with Gasteiger partial charge in [0.25, 0.3) is 0 Å². The molecule has 3 N–H and O–H groups in total. The van der Waals surface area contributed by atoms with E-state index in [1.807, 2.05) is 0 Å². The van der Waals surface area contributed by atoms with Crippen molar-refractivity contribution < 1.29 is 80.2 Å². The normalized spacial score (nSPS) is 14.2. The van der Waals surface area contributed by atoms with Crippen molar-refractivity contribution in [3.8, 4) is 0 Å². The lowest BCUT2D eigenvalue weighted by Gasteiger charge is -2.21. The molecule has 17 nitrogen and oxygen atoms in total. The molecule has 0 radical (unpaired) electrons. The van der Waals surface area contributed by atoms with Gasteiger partial charge in [-0.15, -0.1) is 0 Å². The molecule has 0 aliphatic carbocycles. The molecule has 588 valence electrons. The van der Waals surface area contributed by atoms with Gasteiger partial charge >= 0.3 is 39.5 Å². The molecule has 0 heterocycles. The van der Waals surface area contributed by atoms with Gasteiger partial charge in [0, 0.05) is 25.7 Å². The zero-order valence-electron chi connectivity index (χ0n) is 64.8. The molecule has 6 atom stereocenters. The van der Waals surface area contributed by atoms with Gasteiger partial charge in [0.05, 0.1) is 26.4 Å². The van der Waals surface area contributed by atoms with Crippen LogP contribution >= 0.6 is 15.6 Å². The molecule has 0 amide bonds. The second-order valence-electron chi connectivity index (χ2n) is 29.5. The number of carbonyl (C=O) groups is 4. The summed E-state index contributed by atoms with van der Waals surface area (Å²) in [6.45, 7) is 9.68. The van der Waals surface area contributed by atoms with E-state index < -0.39 is 97.5 Å². The van der Waals surface area contributed by atoms with Crippen LogP contribution in [-0.2, 0) is 65.4 Å². The van der Waals surface area contributed by atoms with Crippen molar-refractivity contribution in [2.45, 2.75) is 439 Å². The van der Waals surface area contributed by atoms with Gasteiger partial charge in [-0.25, -0.2) is 9.13 Å². The predicted octanol–water partition coefficient (Wildman–Crippen LogP) is 23.9. The third-order valence-corrected chi connectivity index (χ3v) is 21.0. The van der Waals surface area contributed by atoms with E-state index in [2.05, 4.69) is 41.5 Å². The Hall–Kier alpha value is -1.94. The molecule has 0 aliphatic rings. The second-order valence-corrected chi connectivity index (χ2v) is 32.4. The molecule has 0 saturated heterocycles. The van der Waals surface area contributed by atoms with Crippen LogP contribution in [0.5, 0.6) is 0 Å². The van der Waals surface area contributed by atoms with E-state index in [-0.39, 0.29) is 25.7 Å². The molecule has 3 unspecified atom stereocenters. The number of rotatable bonds is 79. The number of phosphoric acid groups is 2. The van der Waals surface area contributed by atoms with E-state index in [1.165, 1.54) is 225 Å². The Morgan fingerprint density at radius 3 is 0.768 bits per heavy atom. The fourth-order valence-electron chi connectivity index (χ4n) is 12.3. The van der Waals surface area contributed by atoms with Crippen molar-refractivity contribution >= 4 is 39.5 Å². The molecule has 0 rings (SSSR count). The summed E-state index contributed by atoms with van der Waals surface area (Å²) in [5.41, 5.74) is 0. The third kappa shape index (κ3) is 72.8. The first-order valence-corrected chi connectivity index (χ1v) is 44.5. The van der Waals surface area contributed by atoms with Gasteiger partial charge in [-0.1, -0.05) is 369 Å². The predicted molar refractivity (Wildman–Crippen MR) is 405 cm³/mol. The number of aliphatic hydroxyl groups excluding tert-OH is 1. The number of aliphatic hydroxyl groups is 1. The summed E-state index contributed by atoms with van der Waals surface area (Å²) in [4.78, 5) is 72.8. The average molecular weight is 1450 g/mol. The molecule has 0 aromatic carbocycles. The Morgan fingerprint density at radius 2 is 0.515 bits per heavy atom. The highest BCUT2D eigenvalue weighted by molar-refractivity contribution is 7.47. The van der Waals surface area contributed by atoms with Gasteiger partial charge in [0.15, 0.2) is 12.2 Å². The number of phosphoric ester groups is 2. The van der Waals surface area contributed by atoms with Crippen LogP contribution in [-0.4, -0.2) is 96.7 Å². The fraction of sp³-hybridized carbons (Fsp3) is 0.950. The van der Waals surface area contributed by atoms with Gasteiger partial charge in [-0.2, -0.15) is 0 Å². The summed E-state index contributed by atoms with van der Waals surface area (Å²) >= 11 is 0. The van der Waals surface area contributed by atoms with Gasteiger partial charge in [-0.05, 0) is 37.5 Å². The molecule has 0 saturated carbocycles.